The van der Waals surface area contributed by atoms with Gasteiger partial charge in [-0.1, -0.05) is 0 Å². The zero-order valence-electron chi connectivity index (χ0n) is 12.4. The van der Waals surface area contributed by atoms with Gasteiger partial charge < -0.3 is 10.2 Å². The molecule has 2 unspecified atom stereocenters. The number of likely N-dealkylation sites (tertiary alicyclic amines) is 1. The Morgan fingerprint density at radius 2 is 2.00 bits per heavy atom. The summed E-state index contributed by atoms with van der Waals surface area (Å²) in [7, 11) is 0. The Hall–Kier alpha value is -0.330. The van der Waals surface area contributed by atoms with E-state index in [0.29, 0.717) is 31.6 Å². The third-order valence-corrected chi connectivity index (χ3v) is 4.51. The number of piperazine rings is 1. The van der Waals surface area contributed by atoms with Gasteiger partial charge in [0, 0.05) is 38.8 Å². The molecule has 118 valence electrons. The van der Waals surface area contributed by atoms with E-state index in [1.54, 1.807) is 4.90 Å². The molecule has 0 amide bonds. The highest BCUT2D eigenvalue weighted by molar-refractivity contribution is 4.88. The van der Waals surface area contributed by atoms with Gasteiger partial charge in [-0.2, -0.15) is 13.2 Å². The number of hydrogen-bond acceptors (Lipinski definition) is 3. The first-order valence-electron chi connectivity index (χ1n) is 7.63. The summed E-state index contributed by atoms with van der Waals surface area (Å²) in [6, 6.07) is -0.829. The largest absolute Gasteiger partial charge is 0.405 e. The van der Waals surface area contributed by atoms with Gasteiger partial charge in [0.2, 0.25) is 0 Å². The summed E-state index contributed by atoms with van der Waals surface area (Å²) in [4.78, 5) is 4.03. The van der Waals surface area contributed by atoms with Crippen LogP contribution in [0.2, 0.25) is 0 Å². The number of nitrogens with one attached hydrogen (secondary N) is 1. The van der Waals surface area contributed by atoms with E-state index < -0.39 is 12.2 Å². The maximum Gasteiger partial charge on any atom is 0.405 e. The van der Waals surface area contributed by atoms with Gasteiger partial charge in [0.15, 0.2) is 0 Å². The molecule has 2 rings (SSSR count). The summed E-state index contributed by atoms with van der Waals surface area (Å²) in [5.74, 6) is 0.370. The van der Waals surface area contributed by atoms with Crippen LogP contribution < -0.4 is 5.32 Å². The second kappa shape index (κ2) is 6.62. The number of hydrogen-bond donors (Lipinski definition) is 1. The number of piperidine rings is 1. The SMILES string of the molecule is CC(C)N1CCCC(CN2CCNCC2C(F)(F)F)C1. The summed E-state index contributed by atoms with van der Waals surface area (Å²) >= 11 is 0. The summed E-state index contributed by atoms with van der Waals surface area (Å²) in [6.45, 7) is 8.11. The first kappa shape index (κ1) is 16.0. The third kappa shape index (κ3) is 4.09. The first-order valence-corrected chi connectivity index (χ1v) is 7.63. The van der Waals surface area contributed by atoms with E-state index in [0.717, 1.165) is 25.9 Å². The minimum absolute atomic E-state index is 0.0319. The lowest BCUT2D eigenvalue weighted by Crippen LogP contribution is -2.59. The molecule has 2 saturated heterocycles. The predicted molar refractivity (Wildman–Crippen MR) is 73.7 cm³/mol. The molecule has 0 saturated carbocycles. The summed E-state index contributed by atoms with van der Waals surface area (Å²) in [5, 5.41) is 2.86. The van der Waals surface area contributed by atoms with Crippen molar-refractivity contribution in [1.82, 2.24) is 15.1 Å². The molecule has 0 bridgehead atoms. The van der Waals surface area contributed by atoms with Crippen LogP contribution in [0.15, 0.2) is 0 Å². The molecule has 0 aromatic rings. The van der Waals surface area contributed by atoms with Crippen LogP contribution in [0.5, 0.6) is 0 Å². The second-order valence-electron chi connectivity index (χ2n) is 6.35. The highest BCUT2D eigenvalue weighted by Gasteiger charge is 2.45. The van der Waals surface area contributed by atoms with Crippen LogP contribution in [-0.4, -0.2) is 67.3 Å². The first-order chi connectivity index (χ1) is 9.38. The van der Waals surface area contributed by atoms with Crippen LogP contribution in [0.3, 0.4) is 0 Å². The molecule has 2 aliphatic heterocycles. The fourth-order valence-corrected chi connectivity index (χ4v) is 3.33. The van der Waals surface area contributed by atoms with Crippen molar-refractivity contribution in [1.29, 1.82) is 0 Å². The lowest BCUT2D eigenvalue weighted by atomic mass is 9.95. The highest BCUT2D eigenvalue weighted by atomic mass is 19.4. The van der Waals surface area contributed by atoms with Crippen molar-refractivity contribution in [3.05, 3.63) is 0 Å². The molecule has 2 heterocycles. The van der Waals surface area contributed by atoms with E-state index in [1.807, 2.05) is 0 Å². The zero-order valence-corrected chi connectivity index (χ0v) is 12.4. The fourth-order valence-electron chi connectivity index (χ4n) is 3.33. The van der Waals surface area contributed by atoms with Crippen LogP contribution in [0.25, 0.3) is 0 Å². The van der Waals surface area contributed by atoms with Gasteiger partial charge in [-0.3, -0.25) is 4.90 Å². The Morgan fingerprint density at radius 3 is 2.65 bits per heavy atom. The van der Waals surface area contributed by atoms with Crippen molar-refractivity contribution in [3.8, 4) is 0 Å². The lowest BCUT2D eigenvalue weighted by Gasteiger charge is -2.42. The van der Waals surface area contributed by atoms with Crippen molar-refractivity contribution in [2.75, 3.05) is 39.3 Å². The Bertz CT molecular complexity index is 307. The van der Waals surface area contributed by atoms with Crippen LogP contribution in [0.4, 0.5) is 13.2 Å². The standard InChI is InChI=1S/C14H26F3N3/c1-11(2)19-6-3-4-12(9-19)10-20-7-5-18-8-13(20)14(15,16)17/h11-13,18H,3-10H2,1-2H3. The monoisotopic (exact) mass is 293 g/mol. The smallest absolute Gasteiger partial charge is 0.314 e. The predicted octanol–water partition coefficient (Wildman–Crippen LogP) is 1.94. The van der Waals surface area contributed by atoms with Crippen molar-refractivity contribution in [2.45, 2.75) is 44.9 Å². The molecule has 2 aliphatic rings. The van der Waals surface area contributed by atoms with E-state index in [1.165, 1.54) is 0 Å². The molecule has 20 heavy (non-hydrogen) atoms. The topological polar surface area (TPSA) is 18.5 Å². The Balaban J connectivity index is 1.93. The Labute approximate surface area is 119 Å². The summed E-state index contributed by atoms with van der Waals surface area (Å²) in [5.41, 5.74) is 0. The van der Waals surface area contributed by atoms with E-state index in [9.17, 15) is 13.2 Å². The molecule has 2 fully saturated rings. The molecule has 0 radical (unpaired) electrons. The Morgan fingerprint density at radius 1 is 1.25 bits per heavy atom. The number of nitrogens with zero attached hydrogens (tertiary/aromatic N) is 2. The third-order valence-electron chi connectivity index (χ3n) is 4.51. The minimum Gasteiger partial charge on any atom is -0.314 e. The van der Waals surface area contributed by atoms with Crippen LogP contribution in [-0.2, 0) is 0 Å². The normalized spacial score (nSPS) is 30.9. The lowest BCUT2D eigenvalue weighted by molar-refractivity contribution is -0.189. The average molecular weight is 293 g/mol. The highest BCUT2D eigenvalue weighted by Crippen LogP contribution is 2.28. The van der Waals surface area contributed by atoms with Gasteiger partial charge in [-0.05, 0) is 39.2 Å². The molecular weight excluding hydrogens is 267 g/mol. The molecule has 2 atom stereocenters. The second-order valence-corrected chi connectivity index (χ2v) is 6.35. The fraction of sp³-hybridized carbons (Fsp3) is 1.00. The average Bonchev–Trinajstić information content (AvgIpc) is 2.38. The molecular formula is C14H26F3N3. The van der Waals surface area contributed by atoms with Crippen molar-refractivity contribution in [2.24, 2.45) is 5.92 Å². The molecule has 0 aromatic heterocycles. The van der Waals surface area contributed by atoms with Gasteiger partial charge in [-0.15, -0.1) is 0 Å². The van der Waals surface area contributed by atoms with E-state index in [4.69, 9.17) is 0 Å². The molecule has 0 aromatic carbocycles. The minimum atomic E-state index is -4.13. The zero-order chi connectivity index (χ0) is 14.8. The van der Waals surface area contributed by atoms with Crippen molar-refractivity contribution < 1.29 is 13.2 Å². The van der Waals surface area contributed by atoms with Crippen LogP contribution in [0, 0.1) is 5.92 Å². The summed E-state index contributed by atoms with van der Waals surface area (Å²) in [6.07, 6.45) is -1.97. The van der Waals surface area contributed by atoms with Gasteiger partial charge in [0.25, 0.3) is 0 Å². The summed E-state index contributed by atoms with van der Waals surface area (Å²) < 4.78 is 39.2. The van der Waals surface area contributed by atoms with Gasteiger partial charge in [0.1, 0.15) is 6.04 Å². The van der Waals surface area contributed by atoms with Gasteiger partial charge >= 0.3 is 6.18 Å². The van der Waals surface area contributed by atoms with E-state index >= 15 is 0 Å². The van der Waals surface area contributed by atoms with E-state index in [-0.39, 0.29) is 6.54 Å². The maximum absolute atomic E-state index is 13.1. The van der Waals surface area contributed by atoms with Crippen LogP contribution >= 0.6 is 0 Å². The number of alkyl halides is 3. The molecule has 6 heteroatoms. The van der Waals surface area contributed by atoms with Gasteiger partial charge in [0.05, 0.1) is 0 Å². The molecule has 0 aliphatic carbocycles. The quantitative estimate of drug-likeness (QED) is 0.858. The number of rotatable bonds is 3. The Kier molecular flexibility index (Phi) is 5.31. The molecule has 3 nitrogen and oxygen atoms in total. The molecule has 1 N–H and O–H groups in total. The molecule has 0 spiro atoms. The van der Waals surface area contributed by atoms with Crippen LogP contribution in [0.1, 0.15) is 26.7 Å². The van der Waals surface area contributed by atoms with E-state index in [2.05, 4.69) is 24.1 Å². The van der Waals surface area contributed by atoms with Crippen molar-refractivity contribution in [3.63, 3.8) is 0 Å². The van der Waals surface area contributed by atoms with Gasteiger partial charge in [-0.25, -0.2) is 0 Å². The maximum atomic E-state index is 13.1. The number of halogens is 3. The van der Waals surface area contributed by atoms with Crippen molar-refractivity contribution >= 4 is 0 Å².